The molecule has 40 heavy (non-hydrogen) atoms. The minimum atomic E-state index is -3.91. The number of urea groups is 1. The summed E-state index contributed by atoms with van der Waals surface area (Å²) in [4.78, 5) is 15.3. The van der Waals surface area contributed by atoms with Crippen LogP contribution in [0.5, 0.6) is 17.2 Å². The molecule has 0 saturated carbocycles. The highest BCUT2D eigenvalue weighted by atomic mass is 35.5. The number of carbonyl (C=O) groups is 1. The van der Waals surface area contributed by atoms with Crippen molar-refractivity contribution < 1.29 is 27.4 Å². The summed E-state index contributed by atoms with van der Waals surface area (Å²) in [5.41, 5.74) is 1.69. The first-order chi connectivity index (χ1) is 18.6. The van der Waals surface area contributed by atoms with E-state index in [0.717, 1.165) is 37.4 Å². The molecule has 2 aliphatic rings. The van der Waals surface area contributed by atoms with Gasteiger partial charge in [0.05, 0.1) is 33.1 Å². The van der Waals surface area contributed by atoms with Gasteiger partial charge < -0.3 is 24.8 Å². The number of nitrogens with zero attached hydrogens (tertiary/aromatic N) is 2. The molecule has 222 valence electrons. The van der Waals surface area contributed by atoms with Gasteiger partial charge in [-0.25, -0.2) is 9.93 Å². The molecule has 4 N–H and O–H groups in total. The van der Waals surface area contributed by atoms with Crippen LogP contribution in [0.15, 0.2) is 36.4 Å². The number of benzene rings is 2. The highest BCUT2D eigenvalue weighted by Gasteiger charge is 2.42. The number of methoxy groups -OCH3 is 3. The summed E-state index contributed by atoms with van der Waals surface area (Å²) in [5, 5.41) is 11.9. The lowest BCUT2D eigenvalue weighted by Crippen LogP contribution is -2.54. The fraction of sp³-hybridized carbons (Fsp3) is 0.500. The molecular weight excluding hydrogens is 581 g/mol. The van der Waals surface area contributed by atoms with Crippen LogP contribution in [0.2, 0.25) is 5.02 Å². The molecule has 0 aromatic heterocycles. The van der Waals surface area contributed by atoms with Crippen molar-refractivity contribution in [2.24, 2.45) is 11.1 Å². The van der Waals surface area contributed by atoms with Gasteiger partial charge in [-0.05, 0) is 56.0 Å². The number of amides is 2. The molecule has 0 aliphatic carbocycles. The van der Waals surface area contributed by atoms with Crippen LogP contribution in [-0.4, -0.2) is 83.2 Å². The zero-order valence-corrected chi connectivity index (χ0v) is 25.2. The average Bonchev–Trinajstić information content (AvgIpc) is 3.34. The maximum absolute atomic E-state index is 13.0. The predicted molar refractivity (Wildman–Crippen MR) is 157 cm³/mol. The number of hydrogen-bond donors (Lipinski definition) is 3. The van der Waals surface area contributed by atoms with Gasteiger partial charge in [0.15, 0.2) is 11.5 Å². The third kappa shape index (κ3) is 7.83. The quantitative estimate of drug-likeness (QED) is 0.393. The smallest absolute Gasteiger partial charge is 0.319 e. The molecule has 0 radical (unpaired) electrons. The van der Waals surface area contributed by atoms with E-state index in [1.165, 1.54) is 31.2 Å². The molecule has 11 nitrogen and oxygen atoms in total. The van der Waals surface area contributed by atoms with Gasteiger partial charge in [0.25, 0.3) is 10.2 Å². The fourth-order valence-corrected chi connectivity index (χ4v) is 6.26. The number of piperidine rings is 1. The molecule has 0 bridgehead atoms. The molecular formula is C26H37Cl2N5O6S. The number of hydrogen-bond acceptors (Lipinski definition) is 7. The Morgan fingerprint density at radius 2 is 1.62 bits per heavy atom. The Hall–Kier alpha value is -2.48. The molecule has 2 aromatic carbocycles. The molecule has 2 amide bonds. The van der Waals surface area contributed by atoms with Crippen molar-refractivity contribution in [2.45, 2.75) is 31.3 Å². The Morgan fingerprint density at radius 3 is 2.15 bits per heavy atom. The summed E-state index contributed by atoms with van der Waals surface area (Å²) in [5.74, 6) is 1.72. The predicted octanol–water partition coefficient (Wildman–Crippen LogP) is 3.12. The Balaban J connectivity index is 0.00000441. The standard InChI is InChI=1S/C26H36ClN5O6S.ClH/c1-36-23-13-20(14-24(37-2)25(23)38-3)29-26(33)30-21-15-32(39(28,34)35)16-22(21)31-10-8-18(9-11-31)12-17-4-6-19(27)7-5-17;/h4-7,13-14,18,21-22H,8-12,15-16H2,1-3H3,(H2,28,34,35)(H2,29,30,33);1H. The zero-order chi connectivity index (χ0) is 28.2. The van der Waals surface area contributed by atoms with Crippen molar-refractivity contribution in [3.63, 3.8) is 0 Å². The monoisotopic (exact) mass is 617 g/mol. The number of anilines is 1. The van der Waals surface area contributed by atoms with E-state index < -0.39 is 22.3 Å². The lowest BCUT2D eigenvalue weighted by molar-refractivity contribution is 0.125. The Morgan fingerprint density at radius 1 is 1.02 bits per heavy atom. The number of ether oxygens (including phenoxy) is 3. The molecule has 2 atom stereocenters. The first kappa shape index (κ1) is 32.0. The lowest BCUT2D eigenvalue weighted by Gasteiger charge is -2.38. The first-order valence-corrected chi connectivity index (χ1v) is 14.6. The lowest BCUT2D eigenvalue weighted by atomic mass is 9.89. The Labute approximate surface area is 246 Å². The van der Waals surface area contributed by atoms with Gasteiger partial charge in [-0.15, -0.1) is 12.4 Å². The topological polar surface area (TPSA) is 135 Å². The van der Waals surface area contributed by atoms with Gasteiger partial charge in [0.1, 0.15) is 0 Å². The molecule has 2 aromatic rings. The normalized spacial score (nSPS) is 20.4. The fourth-order valence-electron chi connectivity index (χ4n) is 5.40. The third-order valence-electron chi connectivity index (χ3n) is 7.41. The van der Waals surface area contributed by atoms with Crippen molar-refractivity contribution in [2.75, 3.05) is 52.8 Å². The molecule has 2 saturated heterocycles. The van der Waals surface area contributed by atoms with Gasteiger partial charge >= 0.3 is 6.03 Å². The molecule has 2 fully saturated rings. The Kier molecular flexibility index (Phi) is 11.2. The van der Waals surface area contributed by atoms with Crippen molar-refractivity contribution in [1.29, 1.82) is 0 Å². The third-order valence-corrected chi connectivity index (χ3v) is 8.68. The van der Waals surface area contributed by atoms with E-state index in [-0.39, 0.29) is 31.5 Å². The van der Waals surface area contributed by atoms with E-state index in [9.17, 15) is 13.2 Å². The maximum Gasteiger partial charge on any atom is 0.319 e. The van der Waals surface area contributed by atoms with E-state index in [1.54, 1.807) is 12.1 Å². The highest BCUT2D eigenvalue weighted by molar-refractivity contribution is 7.86. The number of carbonyl (C=O) groups excluding carboxylic acids is 1. The second kappa shape index (κ2) is 13.9. The molecule has 2 heterocycles. The van der Waals surface area contributed by atoms with Crippen LogP contribution in [0.1, 0.15) is 18.4 Å². The van der Waals surface area contributed by atoms with Crippen LogP contribution in [0, 0.1) is 5.92 Å². The van der Waals surface area contributed by atoms with E-state index in [2.05, 4.69) is 27.7 Å². The van der Waals surface area contributed by atoms with Crippen LogP contribution in [0.4, 0.5) is 10.5 Å². The van der Waals surface area contributed by atoms with E-state index >= 15 is 0 Å². The van der Waals surface area contributed by atoms with Crippen LogP contribution in [-0.2, 0) is 16.6 Å². The SMILES string of the molecule is COc1cc(NC(=O)NC2CN(S(N)(=O)=O)CC2N2CCC(Cc3ccc(Cl)cc3)CC2)cc(OC)c1OC.Cl. The van der Waals surface area contributed by atoms with Gasteiger partial charge in [0.2, 0.25) is 5.75 Å². The number of halogens is 2. The summed E-state index contributed by atoms with van der Waals surface area (Å²) >= 11 is 6.01. The van der Waals surface area contributed by atoms with Gasteiger partial charge in [-0.3, -0.25) is 4.90 Å². The van der Waals surface area contributed by atoms with Crippen molar-refractivity contribution in [3.8, 4) is 17.2 Å². The summed E-state index contributed by atoms with van der Waals surface area (Å²) in [7, 11) is 0.575. The maximum atomic E-state index is 13.0. The van der Waals surface area contributed by atoms with E-state index in [0.29, 0.717) is 28.9 Å². The van der Waals surface area contributed by atoms with Crippen LogP contribution < -0.4 is 30.0 Å². The second-order valence-electron chi connectivity index (χ2n) is 9.86. The van der Waals surface area contributed by atoms with Gasteiger partial charge in [0, 0.05) is 36.3 Å². The summed E-state index contributed by atoms with van der Waals surface area (Å²) in [6, 6.07) is 10.0. The van der Waals surface area contributed by atoms with E-state index in [4.69, 9.17) is 31.0 Å². The van der Waals surface area contributed by atoms with Crippen LogP contribution in [0.3, 0.4) is 0 Å². The minimum absolute atomic E-state index is 0. The number of nitrogens with one attached hydrogen (secondary N) is 2. The second-order valence-corrected chi connectivity index (χ2v) is 11.8. The first-order valence-electron chi connectivity index (χ1n) is 12.7. The molecule has 14 heteroatoms. The van der Waals surface area contributed by atoms with Crippen LogP contribution >= 0.6 is 24.0 Å². The summed E-state index contributed by atoms with van der Waals surface area (Å²) in [6.45, 7) is 1.91. The minimum Gasteiger partial charge on any atom is -0.493 e. The highest BCUT2D eigenvalue weighted by Crippen LogP contribution is 2.40. The molecule has 2 unspecified atom stereocenters. The number of rotatable bonds is 9. The average molecular weight is 619 g/mol. The Bertz CT molecular complexity index is 1230. The summed E-state index contributed by atoms with van der Waals surface area (Å²) < 4.78 is 41.6. The number of nitrogens with two attached hydrogens (primary N) is 1. The molecule has 4 rings (SSSR count). The number of likely N-dealkylation sites (tertiary alicyclic amines) is 1. The van der Waals surface area contributed by atoms with E-state index in [1.807, 2.05) is 12.1 Å². The largest absolute Gasteiger partial charge is 0.493 e. The van der Waals surface area contributed by atoms with Crippen LogP contribution in [0.25, 0.3) is 0 Å². The van der Waals surface area contributed by atoms with Gasteiger partial charge in [-0.2, -0.15) is 12.7 Å². The molecule has 2 aliphatic heterocycles. The van der Waals surface area contributed by atoms with Crippen molar-refractivity contribution >= 4 is 45.9 Å². The molecule has 0 spiro atoms. The van der Waals surface area contributed by atoms with Crippen molar-refractivity contribution in [1.82, 2.24) is 14.5 Å². The van der Waals surface area contributed by atoms with Crippen molar-refractivity contribution in [3.05, 3.63) is 47.0 Å². The van der Waals surface area contributed by atoms with Gasteiger partial charge in [-0.1, -0.05) is 23.7 Å². The zero-order valence-electron chi connectivity index (χ0n) is 22.8. The summed E-state index contributed by atoms with van der Waals surface area (Å²) in [6.07, 6.45) is 2.91.